The lowest BCUT2D eigenvalue weighted by atomic mass is 10.2. The molecule has 1 aromatic heterocycles. The molecule has 0 atom stereocenters. The van der Waals surface area contributed by atoms with Crippen LogP contribution in [0.5, 0.6) is 5.75 Å². The Bertz CT molecular complexity index is 768. The quantitative estimate of drug-likeness (QED) is 0.690. The molecule has 1 fully saturated rings. The molecular weight excluding hydrogens is 423 g/mol. The molecule has 0 radical (unpaired) electrons. The van der Waals surface area contributed by atoms with Gasteiger partial charge in [-0.2, -0.15) is 13.2 Å². The van der Waals surface area contributed by atoms with E-state index in [4.69, 9.17) is 4.74 Å². The number of nitrogens with zero attached hydrogens (tertiary/aromatic N) is 3. The molecule has 8 heteroatoms. The highest BCUT2D eigenvalue weighted by Crippen LogP contribution is 2.30. The Morgan fingerprint density at radius 3 is 2.56 bits per heavy atom. The van der Waals surface area contributed by atoms with Crippen molar-refractivity contribution in [2.75, 3.05) is 38.2 Å². The normalized spacial score (nSPS) is 16.3. The number of benzene rings is 1. The lowest BCUT2D eigenvalue weighted by Crippen LogP contribution is -2.31. The third-order valence-corrected chi connectivity index (χ3v) is 5.23. The predicted molar refractivity (Wildman–Crippen MR) is 102 cm³/mol. The van der Waals surface area contributed by atoms with Crippen molar-refractivity contribution in [2.45, 2.75) is 19.1 Å². The first-order chi connectivity index (χ1) is 12.9. The molecule has 1 saturated heterocycles. The molecule has 3 rings (SSSR count). The van der Waals surface area contributed by atoms with Gasteiger partial charge in [0.25, 0.3) is 0 Å². The number of hydrogen-bond acceptors (Lipinski definition) is 4. The van der Waals surface area contributed by atoms with Gasteiger partial charge in [0.2, 0.25) is 0 Å². The van der Waals surface area contributed by atoms with Crippen LogP contribution >= 0.6 is 15.9 Å². The van der Waals surface area contributed by atoms with Gasteiger partial charge in [0.05, 0.1) is 17.1 Å². The molecule has 0 saturated carbocycles. The molecule has 0 unspecified atom stereocenters. The summed E-state index contributed by atoms with van der Waals surface area (Å²) in [5.41, 5.74) is 0.469. The van der Waals surface area contributed by atoms with Gasteiger partial charge in [0, 0.05) is 38.9 Å². The van der Waals surface area contributed by atoms with E-state index in [9.17, 15) is 13.2 Å². The van der Waals surface area contributed by atoms with Crippen LogP contribution in [0.2, 0.25) is 0 Å². The van der Waals surface area contributed by atoms with Crippen LogP contribution in [0.3, 0.4) is 0 Å². The predicted octanol–water partition coefficient (Wildman–Crippen LogP) is 4.58. The molecule has 0 aliphatic carbocycles. The average Bonchev–Trinajstić information content (AvgIpc) is 2.87. The minimum atomic E-state index is -4.35. The van der Waals surface area contributed by atoms with E-state index in [1.165, 1.54) is 11.6 Å². The second-order valence-corrected chi connectivity index (χ2v) is 7.34. The number of rotatable bonds is 4. The van der Waals surface area contributed by atoms with Gasteiger partial charge in [-0.3, -0.25) is 4.90 Å². The second kappa shape index (κ2) is 8.48. The van der Waals surface area contributed by atoms with Gasteiger partial charge in [0.15, 0.2) is 0 Å². The van der Waals surface area contributed by atoms with Gasteiger partial charge < -0.3 is 9.64 Å². The van der Waals surface area contributed by atoms with Crippen molar-refractivity contribution in [1.29, 1.82) is 0 Å². The lowest BCUT2D eigenvalue weighted by molar-refractivity contribution is -0.137. The number of aromatic nitrogens is 1. The van der Waals surface area contributed by atoms with Gasteiger partial charge in [0.1, 0.15) is 11.6 Å². The van der Waals surface area contributed by atoms with E-state index in [0.29, 0.717) is 5.82 Å². The summed E-state index contributed by atoms with van der Waals surface area (Å²) in [6.45, 7) is 4.08. The number of pyridine rings is 1. The van der Waals surface area contributed by atoms with Crippen molar-refractivity contribution in [3.8, 4) is 5.75 Å². The number of alkyl halides is 3. The first kappa shape index (κ1) is 19.9. The average molecular weight is 444 g/mol. The lowest BCUT2D eigenvalue weighted by Gasteiger charge is -2.23. The number of anilines is 1. The van der Waals surface area contributed by atoms with Crippen molar-refractivity contribution in [2.24, 2.45) is 0 Å². The van der Waals surface area contributed by atoms with Gasteiger partial charge >= 0.3 is 6.18 Å². The summed E-state index contributed by atoms with van der Waals surface area (Å²) in [6.07, 6.45) is -2.51. The minimum Gasteiger partial charge on any atom is -0.496 e. The third kappa shape index (κ3) is 5.13. The standard InChI is InChI=1S/C19H21BrF3N3O/c1-27-17-5-3-14(11-16(17)20)13-25-7-2-8-26(10-9-25)18-6-4-15(12-24-18)19(21,22)23/h3-6,11-12H,2,7-10,13H2,1H3. The summed E-state index contributed by atoms with van der Waals surface area (Å²) in [6, 6.07) is 8.59. The summed E-state index contributed by atoms with van der Waals surface area (Å²) in [5, 5.41) is 0. The Hall–Kier alpha value is -1.80. The molecule has 1 aliphatic heterocycles. The fourth-order valence-electron chi connectivity index (χ4n) is 3.17. The highest BCUT2D eigenvalue weighted by atomic mass is 79.9. The molecule has 1 aromatic carbocycles. The number of halogens is 4. The fraction of sp³-hybridized carbons (Fsp3) is 0.421. The summed E-state index contributed by atoms with van der Waals surface area (Å²) in [5.74, 6) is 1.39. The molecule has 2 aromatic rings. The van der Waals surface area contributed by atoms with E-state index < -0.39 is 11.7 Å². The van der Waals surface area contributed by atoms with Crippen molar-refractivity contribution in [3.05, 3.63) is 52.1 Å². The number of hydrogen-bond donors (Lipinski definition) is 0. The fourth-order valence-corrected chi connectivity index (χ4v) is 3.75. The van der Waals surface area contributed by atoms with Gasteiger partial charge in [-0.15, -0.1) is 0 Å². The van der Waals surface area contributed by atoms with Crippen LogP contribution in [0, 0.1) is 0 Å². The number of ether oxygens (including phenoxy) is 1. The summed E-state index contributed by atoms with van der Waals surface area (Å²) >= 11 is 3.51. The van der Waals surface area contributed by atoms with Crippen molar-refractivity contribution in [1.82, 2.24) is 9.88 Å². The van der Waals surface area contributed by atoms with E-state index in [1.54, 1.807) is 7.11 Å². The van der Waals surface area contributed by atoms with Crippen molar-refractivity contribution < 1.29 is 17.9 Å². The van der Waals surface area contributed by atoms with Crippen LogP contribution in [0.4, 0.5) is 19.0 Å². The Kier molecular flexibility index (Phi) is 6.26. The highest BCUT2D eigenvalue weighted by Gasteiger charge is 2.31. The first-order valence-electron chi connectivity index (χ1n) is 8.70. The zero-order chi connectivity index (χ0) is 19.4. The molecule has 1 aliphatic rings. The molecule has 27 heavy (non-hydrogen) atoms. The van der Waals surface area contributed by atoms with Gasteiger partial charge in [-0.25, -0.2) is 4.98 Å². The first-order valence-corrected chi connectivity index (χ1v) is 9.49. The van der Waals surface area contributed by atoms with Crippen LogP contribution in [0.25, 0.3) is 0 Å². The molecule has 0 amide bonds. The molecular formula is C19H21BrF3N3O. The highest BCUT2D eigenvalue weighted by molar-refractivity contribution is 9.10. The molecule has 4 nitrogen and oxygen atoms in total. The summed E-state index contributed by atoms with van der Waals surface area (Å²) in [4.78, 5) is 8.41. The minimum absolute atomic E-state index is 0.594. The maximum Gasteiger partial charge on any atom is 0.417 e. The number of methoxy groups -OCH3 is 1. The molecule has 146 valence electrons. The van der Waals surface area contributed by atoms with Gasteiger partial charge in [-0.1, -0.05) is 6.07 Å². The molecule has 2 heterocycles. The second-order valence-electron chi connectivity index (χ2n) is 6.49. The van der Waals surface area contributed by atoms with Crippen LogP contribution < -0.4 is 9.64 Å². The van der Waals surface area contributed by atoms with Gasteiger partial charge in [-0.05, 0) is 52.2 Å². The van der Waals surface area contributed by atoms with E-state index in [2.05, 4.69) is 31.9 Å². The Morgan fingerprint density at radius 2 is 1.93 bits per heavy atom. The summed E-state index contributed by atoms with van der Waals surface area (Å²) in [7, 11) is 1.64. The van der Waals surface area contributed by atoms with Crippen LogP contribution in [0.1, 0.15) is 17.5 Å². The van der Waals surface area contributed by atoms with Crippen LogP contribution in [0.15, 0.2) is 41.0 Å². The van der Waals surface area contributed by atoms with E-state index in [0.717, 1.165) is 61.6 Å². The topological polar surface area (TPSA) is 28.6 Å². The van der Waals surface area contributed by atoms with Crippen LogP contribution in [-0.4, -0.2) is 43.2 Å². The largest absolute Gasteiger partial charge is 0.496 e. The Labute approximate surface area is 165 Å². The Balaban J connectivity index is 1.61. The van der Waals surface area contributed by atoms with E-state index in [-0.39, 0.29) is 0 Å². The zero-order valence-electron chi connectivity index (χ0n) is 15.0. The maximum absolute atomic E-state index is 12.7. The SMILES string of the molecule is COc1ccc(CN2CCCN(c3ccc(C(F)(F)F)cn3)CC2)cc1Br. The van der Waals surface area contributed by atoms with E-state index >= 15 is 0 Å². The Morgan fingerprint density at radius 1 is 1.11 bits per heavy atom. The zero-order valence-corrected chi connectivity index (χ0v) is 16.6. The van der Waals surface area contributed by atoms with E-state index in [1.807, 2.05) is 17.0 Å². The molecule has 0 N–H and O–H groups in total. The smallest absolute Gasteiger partial charge is 0.417 e. The van der Waals surface area contributed by atoms with Crippen molar-refractivity contribution in [3.63, 3.8) is 0 Å². The van der Waals surface area contributed by atoms with Crippen LogP contribution in [-0.2, 0) is 12.7 Å². The van der Waals surface area contributed by atoms with Crippen molar-refractivity contribution >= 4 is 21.7 Å². The monoisotopic (exact) mass is 443 g/mol. The summed E-state index contributed by atoms with van der Waals surface area (Å²) < 4.78 is 44.3. The maximum atomic E-state index is 12.7. The molecule has 0 spiro atoms. The third-order valence-electron chi connectivity index (χ3n) is 4.61. The molecule has 0 bridgehead atoms.